The molecule has 1 aliphatic rings. The van der Waals surface area contributed by atoms with Gasteiger partial charge in [-0.05, 0) is 12.1 Å². The topological polar surface area (TPSA) is 54.3 Å². The Kier molecular flexibility index (Phi) is 3.79. The maximum absolute atomic E-state index is 12.3. The first-order valence-electron chi connectivity index (χ1n) is 6.77. The Bertz CT molecular complexity index is 631. The number of rotatable bonds is 2. The van der Waals surface area contributed by atoms with Crippen LogP contribution in [0.1, 0.15) is 10.5 Å². The third-order valence-electron chi connectivity index (χ3n) is 3.53. The second-order valence-corrected chi connectivity index (χ2v) is 5.47. The van der Waals surface area contributed by atoms with Crippen molar-refractivity contribution in [1.82, 2.24) is 19.4 Å². The molecule has 0 N–H and O–H groups in total. The van der Waals surface area contributed by atoms with Gasteiger partial charge in [0.1, 0.15) is 11.5 Å². The van der Waals surface area contributed by atoms with Crippen molar-refractivity contribution in [2.45, 2.75) is 0 Å². The lowest BCUT2D eigenvalue weighted by atomic mass is 10.2. The van der Waals surface area contributed by atoms with Gasteiger partial charge in [-0.15, -0.1) is 0 Å². The number of carbonyl (C=O) groups excluding carboxylic acids is 1. The quantitative estimate of drug-likeness (QED) is 0.842. The summed E-state index contributed by atoms with van der Waals surface area (Å²) >= 11 is 5.84. The fraction of sp³-hybridized carbons (Fsp3) is 0.357. The first-order valence-corrected chi connectivity index (χ1v) is 7.15. The van der Waals surface area contributed by atoms with E-state index < -0.39 is 0 Å². The van der Waals surface area contributed by atoms with E-state index in [0.717, 1.165) is 18.9 Å². The lowest BCUT2D eigenvalue weighted by Crippen LogP contribution is -2.49. The molecule has 3 rings (SSSR count). The van der Waals surface area contributed by atoms with Crippen LogP contribution >= 0.6 is 11.6 Å². The summed E-state index contributed by atoms with van der Waals surface area (Å²) in [5.74, 6) is 0.878. The van der Waals surface area contributed by atoms with Crippen LogP contribution < -0.4 is 4.90 Å². The van der Waals surface area contributed by atoms with Gasteiger partial charge in [0.15, 0.2) is 0 Å². The third-order valence-corrected chi connectivity index (χ3v) is 3.75. The van der Waals surface area contributed by atoms with Crippen molar-refractivity contribution in [2.75, 3.05) is 31.1 Å². The van der Waals surface area contributed by atoms with E-state index >= 15 is 0 Å². The number of aromatic nitrogens is 3. The zero-order valence-corrected chi connectivity index (χ0v) is 12.5. The Hall–Kier alpha value is -2.08. The molecule has 6 nitrogen and oxygen atoms in total. The molecule has 1 fully saturated rings. The molecule has 0 aliphatic carbocycles. The van der Waals surface area contributed by atoms with E-state index in [4.69, 9.17) is 11.6 Å². The van der Waals surface area contributed by atoms with Crippen molar-refractivity contribution >= 4 is 23.3 Å². The van der Waals surface area contributed by atoms with E-state index in [1.54, 1.807) is 23.3 Å². The fourth-order valence-corrected chi connectivity index (χ4v) is 2.49. The highest BCUT2D eigenvalue weighted by atomic mass is 35.5. The molecule has 1 aliphatic heterocycles. The molecule has 2 aromatic rings. The number of anilines is 1. The summed E-state index contributed by atoms with van der Waals surface area (Å²) in [6, 6.07) is 3.73. The highest BCUT2D eigenvalue weighted by molar-refractivity contribution is 6.30. The molecule has 21 heavy (non-hydrogen) atoms. The molecule has 110 valence electrons. The van der Waals surface area contributed by atoms with Gasteiger partial charge >= 0.3 is 0 Å². The number of pyridine rings is 1. The largest absolute Gasteiger partial charge is 0.353 e. The molecule has 1 saturated heterocycles. The maximum atomic E-state index is 12.3. The van der Waals surface area contributed by atoms with Crippen LogP contribution in [0, 0.1) is 0 Å². The second kappa shape index (κ2) is 5.73. The molecule has 1 amide bonds. The minimum Gasteiger partial charge on any atom is -0.353 e. The Labute approximate surface area is 128 Å². The average molecular weight is 306 g/mol. The van der Waals surface area contributed by atoms with Gasteiger partial charge < -0.3 is 14.4 Å². The monoisotopic (exact) mass is 305 g/mol. The van der Waals surface area contributed by atoms with Gasteiger partial charge in [-0.3, -0.25) is 4.79 Å². The molecule has 3 heterocycles. The van der Waals surface area contributed by atoms with Crippen molar-refractivity contribution in [2.24, 2.45) is 7.05 Å². The van der Waals surface area contributed by atoms with E-state index in [2.05, 4.69) is 14.9 Å². The van der Waals surface area contributed by atoms with Gasteiger partial charge in [0.05, 0.1) is 11.3 Å². The summed E-state index contributed by atoms with van der Waals surface area (Å²) in [4.78, 5) is 24.7. The Morgan fingerprint density at radius 1 is 1.19 bits per heavy atom. The fourth-order valence-electron chi connectivity index (χ4n) is 2.38. The molecule has 2 aromatic heterocycles. The number of piperazine rings is 1. The summed E-state index contributed by atoms with van der Waals surface area (Å²) in [5.41, 5.74) is 0.496. The van der Waals surface area contributed by atoms with E-state index in [1.165, 1.54) is 0 Å². The molecular formula is C14H16ClN5O. The number of imidazole rings is 1. The molecule has 0 aromatic carbocycles. The SMILES string of the molecule is Cn1cnc(C(=O)N2CCN(c3ccc(Cl)cn3)CC2)c1. The zero-order valence-electron chi connectivity index (χ0n) is 11.7. The van der Waals surface area contributed by atoms with Gasteiger partial charge in [-0.2, -0.15) is 0 Å². The average Bonchev–Trinajstić information content (AvgIpc) is 2.94. The lowest BCUT2D eigenvalue weighted by Gasteiger charge is -2.35. The summed E-state index contributed by atoms with van der Waals surface area (Å²) in [6.07, 6.45) is 5.03. The number of amides is 1. The molecule has 0 atom stereocenters. The van der Waals surface area contributed by atoms with E-state index in [-0.39, 0.29) is 5.91 Å². The molecule has 0 bridgehead atoms. The number of halogens is 1. The van der Waals surface area contributed by atoms with Crippen LogP contribution in [0.3, 0.4) is 0 Å². The molecule has 7 heteroatoms. The number of hydrogen-bond acceptors (Lipinski definition) is 4. The highest BCUT2D eigenvalue weighted by Crippen LogP contribution is 2.16. The van der Waals surface area contributed by atoms with Crippen molar-refractivity contribution in [3.8, 4) is 0 Å². The molecule has 0 spiro atoms. The van der Waals surface area contributed by atoms with Crippen molar-refractivity contribution < 1.29 is 4.79 Å². The zero-order chi connectivity index (χ0) is 14.8. The minimum absolute atomic E-state index is 0.0145. The molecule has 0 unspecified atom stereocenters. The van der Waals surface area contributed by atoms with Gasteiger partial charge in [-0.1, -0.05) is 11.6 Å². The molecular weight excluding hydrogens is 290 g/mol. The number of carbonyl (C=O) groups is 1. The van der Waals surface area contributed by atoms with Gasteiger partial charge in [0.25, 0.3) is 5.91 Å². The third kappa shape index (κ3) is 3.00. The van der Waals surface area contributed by atoms with Gasteiger partial charge in [0, 0.05) is 45.6 Å². The van der Waals surface area contributed by atoms with E-state index in [1.807, 2.05) is 24.1 Å². The maximum Gasteiger partial charge on any atom is 0.274 e. The first kappa shape index (κ1) is 13.9. The number of hydrogen-bond donors (Lipinski definition) is 0. The smallest absolute Gasteiger partial charge is 0.274 e. The Balaban J connectivity index is 1.62. The minimum atomic E-state index is -0.0145. The van der Waals surface area contributed by atoms with E-state index in [9.17, 15) is 4.79 Å². The van der Waals surface area contributed by atoms with Crippen molar-refractivity contribution in [3.63, 3.8) is 0 Å². The van der Waals surface area contributed by atoms with Crippen LogP contribution in [-0.2, 0) is 7.05 Å². The van der Waals surface area contributed by atoms with Crippen LogP contribution in [0.5, 0.6) is 0 Å². The van der Waals surface area contributed by atoms with Crippen molar-refractivity contribution in [3.05, 3.63) is 41.6 Å². The van der Waals surface area contributed by atoms with Crippen molar-refractivity contribution in [1.29, 1.82) is 0 Å². The highest BCUT2D eigenvalue weighted by Gasteiger charge is 2.23. The molecule has 0 radical (unpaired) electrons. The Morgan fingerprint density at radius 2 is 1.95 bits per heavy atom. The predicted molar refractivity (Wildman–Crippen MR) is 80.6 cm³/mol. The normalized spacial score (nSPS) is 15.3. The van der Waals surface area contributed by atoms with Crippen LogP contribution in [0.15, 0.2) is 30.9 Å². The van der Waals surface area contributed by atoms with Gasteiger partial charge in [-0.25, -0.2) is 9.97 Å². The Morgan fingerprint density at radius 3 is 2.52 bits per heavy atom. The second-order valence-electron chi connectivity index (χ2n) is 5.04. The summed E-state index contributed by atoms with van der Waals surface area (Å²) < 4.78 is 1.78. The predicted octanol–water partition coefficient (Wildman–Crippen LogP) is 1.43. The molecule has 0 saturated carbocycles. The summed E-state index contributed by atoms with van der Waals surface area (Å²) in [7, 11) is 1.86. The van der Waals surface area contributed by atoms with Crippen LogP contribution in [-0.4, -0.2) is 51.5 Å². The lowest BCUT2D eigenvalue weighted by molar-refractivity contribution is 0.0741. The summed E-state index contributed by atoms with van der Waals surface area (Å²) in [6.45, 7) is 2.85. The standard InChI is InChI=1S/C14H16ClN5O/c1-18-9-12(17-10-18)14(21)20-6-4-19(5-7-20)13-3-2-11(15)8-16-13/h2-3,8-10H,4-7H2,1H3. The summed E-state index contributed by atoms with van der Waals surface area (Å²) in [5, 5.41) is 0.628. The first-order chi connectivity index (χ1) is 10.1. The van der Waals surface area contributed by atoms with Gasteiger partial charge in [0.2, 0.25) is 0 Å². The van der Waals surface area contributed by atoms with Crippen LogP contribution in [0.2, 0.25) is 5.02 Å². The van der Waals surface area contributed by atoms with Crippen LogP contribution in [0.4, 0.5) is 5.82 Å². The number of nitrogens with zero attached hydrogens (tertiary/aromatic N) is 5. The van der Waals surface area contributed by atoms with E-state index in [0.29, 0.717) is 23.8 Å². The van der Waals surface area contributed by atoms with Crippen LogP contribution in [0.25, 0.3) is 0 Å². The number of aryl methyl sites for hydroxylation is 1.